The summed E-state index contributed by atoms with van der Waals surface area (Å²) in [5.41, 5.74) is 1.15. The zero-order valence-corrected chi connectivity index (χ0v) is 15.7. The number of ether oxygens (including phenoxy) is 2. The highest BCUT2D eigenvalue weighted by atomic mass is 16.6. The van der Waals surface area contributed by atoms with Crippen molar-refractivity contribution in [3.8, 4) is 11.5 Å². The summed E-state index contributed by atoms with van der Waals surface area (Å²) in [5, 5.41) is 3.17. The van der Waals surface area contributed by atoms with Gasteiger partial charge in [-0.25, -0.2) is 0 Å². The molecule has 2 aliphatic rings. The van der Waals surface area contributed by atoms with Crippen LogP contribution in [0.5, 0.6) is 11.5 Å². The van der Waals surface area contributed by atoms with Gasteiger partial charge < -0.3 is 19.2 Å². The Balaban J connectivity index is 1.55. The van der Waals surface area contributed by atoms with E-state index in [1.54, 1.807) is 0 Å². The third-order valence-electron chi connectivity index (χ3n) is 5.15. The summed E-state index contributed by atoms with van der Waals surface area (Å²) < 4.78 is 17.7. The number of furan rings is 1. The minimum atomic E-state index is -0.675. The van der Waals surface area contributed by atoms with Crippen LogP contribution in [0.15, 0.2) is 34.7 Å². The van der Waals surface area contributed by atoms with E-state index in [-0.39, 0.29) is 23.5 Å². The summed E-state index contributed by atoms with van der Waals surface area (Å²) in [6.07, 6.45) is 0.719. The van der Waals surface area contributed by atoms with Gasteiger partial charge in [0.25, 0.3) is 5.91 Å². The third-order valence-corrected chi connectivity index (χ3v) is 5.15. The van der Waals surface area contributed by atoms with Gasteiger partial charge in [0.1, 0.15) is 17.6 Å². The number of nitrogens with one attached hydrogen (secondary N) is 1. The van der Waals surface area contributed by atoms with E-state index in [9.17, 15) is 4.79 Å². The van der Waals surface area contributed by atoms with Gasteiger partial charge in [0.05, 0.1) is 6.04 Å². The highest BCUT2D eigenvalue weighted by Crippen LogP contribution is 2.42. The molecule has 1 aromatic carbocycles. The quantitative estimate of drug-likeness (QED) is 0.886. The van der Waals surface area contributed by atoms with Gasteiger partial charge in [-0.1, -0.05) is 26.0 Å². The molecule has 1 aromatic heterocycles. The van der Waals surface area contributed by atoms with E-state index in [1.807, 2.05) is 44.2 Å². The minimum Gasteiger partial charge on any atom is -0.482 e. The lowest BCUT2D eigenvalue weighted by Crippen LogP contribution is -2.50. The molecule has 0 saturated carbocycles. The number of fused-ring (bicyclic) bond motifs is 2. The number of rotatable bonds is 2. The van der Waals surface area contributed by atoms with Crippen LogP contribution in [-0.2, 0) is 11.2 Å². The molecular formula is C21H25NO4. The first kappa shape index (κ1) is 17.0. The molecule has 2 heterocycles. The Labute approximate surface area is 153 Å². The molecule has 0 radical (unpaired) electrons. The summed E-state index contributed by atoms with van der Waals surface area (Å²) in [6, 6.07) is 9.39. The van der Waals surface area contributed by atoms with Crippen molar-refractivity contribution in [3.05, 3.63) is 47.4 Å². The van der Waals surface area contributed by atoms with E-state index in [0.29, 0.717) is 11.5 Å². The molecule has 3 atom stereocenters. The molecule has 3 unspecified atom stereocenters. The van der Waals surface area contributed by atoms with Gasteiger partial charge >= 0.3 is 0 Å². The van der Waals surface area contributed by atoms with E-state index in [1.165, 1.54) is 0 Å². The Morgan fingerprint density at radius 3 is 2.62 bits per heavy atom. The molecule has 1 amide bonds. The predicted octanol–water partition coefficient (Wildman–Crippen LogP) is 3.95. The number of amides is 1. The summed E-state index contributed by atoms with van der Waals surface area (Å²) in [7, 11) is 0. The number of para-hydroxylation sites is 2. The van der Waals surface area contributed by atoms with Gasteiger partial charge in [0, 0.05) is 12.0 Å². The van der Waals surface area contributed by atoms with Gasteiger partial charge in [-0.3, -0.25) is 4.79 Å². The molecule has 1 aliphatic carbocycles. The molecule has 5 nitrogen and oxygen atoms in total. The van der Waals surface area contributed by atoms with Crippen molar-refractivity contribution in [3.63, 3.8) is 0 Å². The average molecular weight is 355 g/mol. The van der Waals surface area contributed by atoms with Crippen LogP contribution >= 0.6 is 0 Å². The van der Waals surface area contributed by atoms with E-state index >= 15 is 0 Å². The first-order chi connectivity index (χ1) is 12.3. The number of aryl methyl sites for hydroxylation is 1. The fourth-order valence-corrected chi connectivity index (χ4v) is 3.97. The van der Waals surface area contributed by atoms with E-state index in [0.717, 1.165) is 29.9 Å². The smallest absolute Gasteiger partial charge is 0.265 e. The predicted molar refractivity (Wildman–Crippen MR) is 97.4 cm³/mol. The van der Waals surface area contributed by atoms with Crippen molar-refractivity contribution in [2.45, 2.75) is 58.8 Å². The van der Waals surface area contributed by atoms with Crippen LogP contribution in [0.2, 0.25) is 0 Å². The Kier molecular flexibility index (Phi) is 3.98. The number of benzene rings is 1. The third kappa shape index (κ3) is 3.06. The lowest BCUT2D eigenvalue weighted by atomic mass is 9.74. The summed E-state index contributed by atoms with van der Waals surface area (Å²) >= 11 is 0. The average Bonchev–Trinajstić information content (AvgIpc) is 2.93. The van der Waals surface area contributed by atoms with Crippen molar-refractivity contribution in [2.75, 3.05) is 0 Å². The van der Waals surface area contributed by atoms with Gasteiger partial charge in [0.15, 0.2) is 11.5 Å². The van der Waals surface area contributed by atoms with E-state index < -0.39 is 6.10 Å². The first-order valence-corrected chi connectivity index (χ1v) is 9.14. The fraction of sp³-hybridized carbons (Fsp3) is 0.476. The maximum absolute atomic E-state index is 13.0. The van der Waals surface area contributed by atoms with Gasteiger partial charge in [0.2, 0.25) is 6.10 Å². The molecule has 1 N–H and O–H groups in total. The molecule has 4 rings (SSSR count). The number of hydrogen-bond acceptors (Lipinski definition) is 4. The Hall–Kier alpha value is -2.43. The second-order valence-electron chi connectivity index (χ2n) is 8.15. The van der Waals surface area contributed by atoms with E-state index in [2.05, 4.69) is 19.2 Å². The minimum absolute atomic E-state index is 0.0668. The van der Waals surface area contributed by atoms with Gasteiger partial charge in [-0.2, -0.15) is 0 Å². The summed E-state index contributed by atoms with van der Waals surface area (Å²) in [6.45, 7) is 8.21. The number of carbonyl (C=O) groups excluding carboxylic acids is 1. The molecule has 0 bridgehead atoms. The van der Waals surface area contributed by atoms with Crippen molar-refractivity contribution >= 4 is 5.91 Å². The zero-order valence-electron chi connectivity index (χ0n) is 15.7. The van der Waals surface area contributed by atoms with E-state index in [4.69, 9.17) is 13.9 Å². The first-order valence-electron chi connectivity index (χ1n) is 9.14. The molecule has 0 spiro atoms. The monoisotopic (exact) mass is 355 g/mol. The maximum Gasteiger partial charge on any atom is 0.265 e. The summed E-state index contributed by atoms with van der Waals surface area (Å²) in [5.74, 6) is 2.99. The Morgan fingerprint density at radius 2 is 1.88 bits per heavy atom. The molecule has 26 heavy (non-hydrogen) atoms. The lowest BCUT2D eigenvalue weighted by molar-refractivity contribution is -0.134. The molecular weight excluding hydrogens is 330 g/mol. The van der Waals surface area contributed by atoms with Crippen LogP contribution in [0.1, 0.15) is 50.3 Å². The van der Waals surface area contributed by atoms with Crippen LogP contribution < -0.4 is 14.8 Å². The van der Waals surface area contributed by atoms with Crippen LogP contribution in [0.4, 0.5) is 0 Å². The highest BCUT2D eigenvalue weighted by Gasteiger charge is 2.39. The largest absolute Gasteiger partial charge is 0.482 e. The Morgan fingerprint density at radius 1 is 1.19 bits per heavy atom. The van der Waals surface area contributed by atoms with Crippen molar-refractivity contribution in [1.29, 1.82) is 0 Å². The molecule has 0 fully saturated rings. The van der Waals surface area contributed by atoms with Crippen molar-refractivity contribution in [1.82, 2.24) is 5.32 Å². The van der Waals surface area contributed by atoms with Crippen LogP contribution in [-0.4, -0.2) is 18.1 Å². The van der Waals surface area contributed by atoms with Crippen molar-refractivity contribution < 1.29 is 18.7 Å². The van der Waals surface area contributed by atoms with Crippen LogP contribution in [0.25, 0.3) is 0 Å². The topological polar surface area (TPSA) is 60.7 Å². The summed E-state index contributed by atoms with van der Waals surface area (Å²) in [4.78, 5) is 13.0. The second kappa shape index (κ2) is 6.08. The van der Waals surface area contributed by atoms with Crippen LogP contribution in [0, 0.1) is 12.3 Å². The lowest BCUT2D eigenvalue weighted by Gasteiger charge is -2.36. The fourth-order valence-electron chi connectivity index (χ4n) is 3.97. The zero-order chi connectivity index (χ0) is 18.5. The number of carbonyl (C=O) groups is 1. The normalized spacial score (nSPS) is 26.1. The second-order valence-corrected chi connectivity index (χ2v) is 8.15. The van der Waals surface area contributed by atoms with Gasteiger partial charge in [-0.15, -0.1) is 0 Å². The molecule has 138 valence electrons. The molecule has 0 saturated heterocycles. The molecule has 2 aromatic rings. The Bertz CT molecular complexity index is 838. The number of hydrogen-bond donors (Lipinski definition) is 1. The highest BCUT2D eigenvalue weighted by molar-refractivity contribution is 5.82. The van der Waals surface area contributed by atoms with Gasteiger partial charge in [-0.05, 0) is 43.9 Å². The molecule has 1 aliphatic heterocycles. The standard InChI is InChI=1S/C21H25NO4/c1-12-9-14-15(10-21(3,4)11-18(14)24-12)22-20(23)19-13(2)25-16-7-5-6-8-17(16)26-19/h5-9,13,15,19H,10-11H2,1-4H3,(H,22,23). The maximum atomic E-state index is 13.0. The SMILES string of the molecule is Cc1cc2c(o1)CC(C)(C)CC2NC(=O)C1Oc2ccccc2OC1C. The van der Waals surface area contributed by atoms with Crippen molar-refractivity contribution in [2.24, 2.45) is 5.41 Å². The molecule has 5 heteroatoms. The van der Waals surface area contributed by atoms with Crippen LogP contribution in [0.3, 0.4) is 0 Å².